The lowest BCUT2D eigenvalue weighted by atomic mass is 10.2. The van der Waals surface area contributed by atoms with E-state index in [1.165, 1.54) is 0 Å². The number of para-hydroxylation sites is 1. The van der Waals surface area contributed by atoms with E-state index in [9.17, 15) is 9.59 Å². The molecule has 130 valence electrons. The molecule has 2 aromatic carbocycles. The van der Waals surface area contributed by atoms with Crippen molar-refractivity contribution in [3.8, 4) is 5.75 Å². The molecular weight excluding hydrogens is 318 g/mol. The van der Waals surface area contributed by atoms with Crippen LogP contribution in [0.1, 0.15) is 12.8 Å². The quantitative estimate of drug-likeness (QED) is 0.724. The molecule has 0 aliphatic heterocycles. The second-order valence-corrected chi connectivity index (χ2v) is 6.04. The van der Waals surface area contributed by atoms with Gasteiger partial charge < -0.3 is 15.4 Å². The molecule has 1 aliphatic carbocycles. The lowest BCUT2D eigenvalue weighted by Gasteiger charge is -2.17. The summed E-state index contributed by atoms with van der Waals surface area (Å²) in [5, 5.41) is 8.76. The largest absolute Gasteiger partial charge is 0.497 e. The fourth-order valence-corrected chi connectivity index (χ4v) is 2.54. The van der Waals surface area contributed by atoms with E-state index in [1.807, 2.05) is 30.3 Å². The number of carbonyl (C=O) groups is 2. The van der Waals surface area contributed by atoms with Gasteiger partial charge in [-0.2, -0.15) is 0 Å². The smallest absolute Gasteiger partial charge is 0.244 e. The maximum Gasteiger partial charge on any atom is 0.244 e. The summed E-state index contributed by atoms with van der Waals surface area (Å²) in [6, 6.07) is 16.4. The molecule has 0 spiro atoms. The first kappa shape index (κ1) is 17.0. The number of hydrogen-bond donors (Lipinski definition) is 3. The van der Waals surface area contributed by atoms with Gasteiger partial charge in [-0.1, -0.05) is 24.3 Å². The van der Waals surface area contributed by atoms with Crippen molar-refractivity contribution in [3.05, 3.63) is 54.6 Å². The van der Waals surface area contributed by atoms with Crippen LogP contribution in [-0.4, -0.2) is 31.0 Å². The highest BCUT2D eigenvalue weighted by molar-refractivity contribution is 6.01. The van der Waals surface area contributed by atoms with E-state index in [4.69, 9.17) is 4.74 Å². The molecule has 1 aliphatic rings. The lowest BCUT2D eigenvalue weighted by molar-refractivity contribution is -0.119. The highest BCUT2D eigenvalue weighted by Crippen LogP contribution is 2.36. The molecule has 0 saturated heterocycles. The van der Waals surface area contributed by atoms with Crippen molar-refractivity contribution in [1.82, 2.24) is 5.32 Å². The highest BCUT2D eigenvalue weighted by Gasteiger charge is 2.49. The number of nitrogens with one attached hydrogen (secondary N) is 3. The number of anilines is 2. The van der Waals surface area contributed by atoms with Crippen molar-refractivity contribution in [2.45, 2.75) is 18.4 Å². The second kappa shape index (κ2) is 7.36. The monoisotopic (exact) mass is 339 g/mol. The van der Waals surface area contributed by atoms with Crippen LogP contribution in [0.5, 0.6) is 5.75 Å². The molecule has 1 saturated carbocycles. The predicted octanol–water partition coefficient (Wildman–Crippen LogP) is 2.39. The fourth-order valence-electron chi connectivity index (χ4n) is 2.54. The predicted molar refractivity (Wildman–Crippen MR) is 96.7 cm³/mol. The molecule has 6 heteroatoms. The summed E-state index contributed by atoms with van der Waals surface area (Å²) < 4.78 is 5.13. The van der Waals surface area contributed by atoms with E-state index in [0.717, 1.165) is 18.5 Å². The third-order valence-electron chi connectivity index (χ3n) is 4.16. The van der Waals surface area contributed by atoms with E-state index < -0.39 is 5.54 Å². The van der Waals surface area contributed by atoms with Gasteiger partial charge in [0.05, 0.1) is 19.2 Å². The van der Waals surface area contributed by atoms with Gasteiger partial charge in [0.2, 0.25) is 11.8 Å². The van der Waals surface area contributed by atoms with Crippen LogP contribution in [0, 0.1) is 0 Å². The molecule has 6 nitrogen and oxygen atoms in total. The normalized spacial score (nSPS) is 14.4. The second-order valence-electron chi connectivity index (χ2n) is 6.04. The minimum absolute atomic E-state index is 0.0689. The number of amides is 2. The molecule has 0 unspecified atom stereocenters. The molecule has 3 rings (SSSR count). The van der Waals surface area contributed by atoms with E-state index in [-0.39, 0.29) is 18.4 Å². The lowest BCUT2D eigenvalue weighted by Crippen LogP contribution is -2.46. The summed E-state index contributed by atoms with van der Waals surface area (Å²) in [6.07, 6.45) is 1.44. The molecule has 1 fully saturated rings. The van der Waals surface area contributed by atoms with Crippen LogP contribution in [0.25, 0.3) is 0 Å². The molecule has 0 bridgehead atoms. The van der Waals surface area contributed by atoms with Gasteiger partial charge in [-0.15, -0.1) is 0 Å². The Labute approximate surface area is 146 Å². The van der Waals surface area contributed by atoms with Gasteiger partial charge in [-0.05, 0) is 37.1 Å². The molecule has 25 heavy (non-hydrogen) atoms. The van der Waals surface area contributed by atoms with Gasteiger partial charge in [-0.25, -0.2) is 0 Å². The molecule has 0 radical (unpaired) electrons. The summed E-state index contributed by atoms with van der Waals surface area (Å²) >= 11 is 0. The highest BCUT2D eigenvalue weighted by atomic mass is 16.5. The van der Waals surface area contributed by atoms with E-state index in [1.54, 1.807) is 31.4 Å². The fraction of sp³-hybridized carbons (Fsp3) is 0.263. The summed E-state index contributed by atoms with van der Waals surface area (Å²) in [4.78, 5) is 24.6. The summed E-state index contributed by atoms with van der Waals surface area (Å²) in [5.74, 6) is 0.367. The van der Waals surface area contributed by atoms with Crippen LogP contribution in [0.15, 0.2) is 54.6 Å². The molecule has 3 N–H and O–H groups in total. The van der Waals surface area contributed by atoms with Crippen LogP contribution in [0.2, 0.25) is 0 Å². The molecule has 0 aromatic heterocycles. The number of benzene rings is 2. The van der Waals surface area contributed by atoms with Crippen molar-refractivity contribution in [2.24, 2.45) is 0 Å². The van der Waals surface area contributed by atoms with Crippen LogP contribution < -0.4 is 20.7 Å². The van der Waals surface area contributed by atoms with Crippen molar-refractivity contribution in [2.75, 3.05) is 24.3 Å². The molecule has 2 amide bonds. The van der Waals surface area contributed by atoms with E-state index >= 15 is 0 Å². The Morgan fingerprint density at radius 1 is 1.00 bits per heavy atom. The van der Waals surface area contributed by atoms with Crippen molar-refractivity contribution in [3.63, 3.8) is 0 Å². The maximum absolute atomic E-state index is 12.4. The number of carbonyl (C=O) groups excluding carboxylic acids is 2. The maximum atomic E-state index is 12.4. The standard InChI is InChI=1S/C19H21N3O3/c1-25-16-9-5-8-15(12-16)21-17(23)13-20-19(10-11-19)18(24)22-14-6-3-2-4-7-14/h2-9,12,20H,10-11,13H2,1H3,(H,21,23)(H,22,24). The Balaban J connectivity index is 1.51. The van der Waals surface area contributed by atoms with Crippen molar-refractivity contribution in [1.29, 1.82) is 0 Å². The number of rotatable bonds is 7. The topological polar surface area (TPSA) is 79.5 Å². The Kier molecular flexibility index (Phi) is 5.00. The van der Waals surface area contributed by atoms with Gasteiger partial charge >= 0.3 is 0 Å². The van der Waals surface area contributed by atoms with Gasteiger partial charge in [0, 0.05) is 17.4 Å². The summed E-state index contributed by atoms with van der Waals surface area (Å²) in [6.45, 7) is 0.0689. The van der Waals surface area contributed by atoms with E-state index in [0.29, 0.717) is 11.4 Å². The third-order valence-corrected chi connectivity index (χ3v) is 4.16. The SMILES string of the molecule is COc1cccc(NC(=O)CNC2(C(=O)Nc3ccccc3)CC2)c1. The zero-order valence-electron chi connectivity index (χ0n) is 14.0. The van der Waals surface area contributed by atoms with Gasteiger partial charge in [0.1, 0.15) is 5.75 Å². The van der Waals surface area contributed by atoms with Crippen molar-refractivity contribution >= 4 is 23.2 Å². The average molecular weight is 339 g/mol. The van der Waals surface area contributed by atoms with Gasteiger partial charge in [0.25, 0.3) is 0 Å². The Morgan fingerprint density at radius 3 is 2.40 bits per heavy atom. The van der Waals surface area contributed by atoms with Crippen LogP contribution in [0.3, 0.4) is 0 Å². The van der Waals surface area contributed by atoms with Crippen LogP contribution >= 0.6 is 0 Å². The molecule has 2 aromatic rings. The van der Waals surface area contributed by atoms with Gasteiger partial charge in [0.15, 0.2) is 0 Å². The first-order valence-electron chi connectivity index (χ1n) is 8.17. The molecular formula is C19H21N3O3. The Morgan fingerprint density at radius 2 is 1.72 bits per heavy atom. The first-order chi connectivity index (χ1) is 12.1. The Hall–Kier alpha value is -2.86. The summed E-state index contributed by atoms with van der Waals surface area (Å²) in [7, 11) is 1.57. The van der Waals surface area contributed by atoms with Crippen molar-refractivity contribution < 1.29 is 14.3 Å². The number of hydrogen-bond acceptors (Lipinski definition) is 4. The van der Waals surface area contributed by atoms with Crippen LogP contribution in [0.4, 0.5) is 11.4 Å². The number of methoxy groups -OCH3 is 1. The zero-order valence-corrected chi connectivity index (χ0v) is 14.0. The van der Waals surface area contributed by atoms with E-state index in [2.05, 4.69) is 16.0 Å². The zero-order chi connectivity index (χ0) is 17.7. The molecule has 0 heterocycles. The van der Waals surface area contributed by atoms with Gasteiger partial charge in [-0.3, -0.25) is 14.9 Å². The minimum atomic E-state index is -0.651. The Bertz CT molecular complexity index is 758. The van der Waals surface area contributed by atoms with Crippen LogP contribution in [-0.2, 0) is 9.59 Å². The average Bonchev–Trinajstić information content (AvgIpc) is 3.42. The minimum Gasteiger partial charge on any atom is -0.497 e. The molecule has 0 atom stereocenters. The summed E-state index contributed by atoms with van der Waals surface area (Å²) in [5.41, 5.74) is 0.757. The first-order valence-corrected chi connectivity index (χ1v) is 8.17. The number of ether oxygens (including phenoxy) is 1. The third kappa shape index (κ3) is 4.36.